The molecule has 0 aromatic heterocycles. The minimum atomic E-state index is -0.795. The molecular weight excluding hydrogens is 508 g/mol. The molecule has 0 heterocycles. The average Bonchev–Trinajstić information content (AvgIpc) is 3.29. The van der Waals surface area contributed by atoms with Gasteiger partial charge in [-0.2, -0.15) is 0 Å². The van der Waals surface area contributed by atoms with Gasteiger partial charge < -0.3 is 10.1 Å². The maximum Gasteiger partial charge on any atom is 0.329 e. The number of ether oxygens (including phenoxy) is 1. The summed E-state index contributed by atoms with van der Waals surface area (Å²) >= 11 is 0. The third kappa shape index (κ3) is 5.59. The predicted molar refractivity (Wildman–Crippen MR) is 163 cm³/mol. The lowest BCUT2D eigenvalue weighted by molar-refractivity contribution is -0.150. The van der Waals surface area contributed by atoms with Gasteiger partial charge in [0, 0.05) is 0 Å². The molecule has 4 aromatic carbocycles. The topological polar surface area (TPSA) is 67.4 Å². The molecule has 4 aromatic rings. The Kier molecular flexibility index (Phi) is 8.46. The summed E-state index contributed by atoms with van der Waals surface area (Å²) in [5.74, 6) is -0.899. The monoisotopic (exact) mass is 544 g/mol. The molecule has 208 valence electrons. The van der Waals surface area contributed by atoms with Crippen molar-refractivity contribution in [2.75, 3.05) is 0 Å². The van der Waals surface area contributed by atoms with E-state index in [0.29, 0.717) is 6.42 Å². The van der Waals surface area contributed by atoms with Crippen LogP contribution in [0.3, 0.4) is 0 Å². The molecule has 0 radical (unpaired) electrons. The van der Waals surface area contributed by atoms with Crippen molar-refractivity contribution in [2.45, 2.75) is 44.5 Å². The highest BCUT2D eigenvalue weighted by Gasteiger charge is 2.46. The van der Waals surface area contributed by atoms with Gasteiger partial charge in [-0.1, -0.05) is 129 Å². The van der Waals surface area contributed by atoms with Crippen molar-refractivity contribution in [3.05, 3.63) is 144 Å². The Hall–Kier alpha value is -4.48. The summed E-state index contributed by atoms with van der Waals surface area (Å²) in [5, 5.41) is 6.77. The van der Waals surface area contributed by atoms with E-state index in [1.54, 1.807) is 6.08 Å². The van der Waals surface area contributed by atoms with Gasteiger partial charge in [0.1, 0.15) is 12.6 Å². The summed E-state index contributed by atoms with van der Waals surface area (Å²) < 4.78 is 5.61. The number of carbonyl (C=O) groups is 2. The Morgan fingerprint density at radius 1 is 0.805 bits per heavy atom. The largest absolute Gasteiger partial charge is 0.459 e. The van der Waals surface area contributed by atoms with Gasteiger partial charge in [-0.3, -0.25) is 10.1 Å². The number of rotatable bonds is 11. The van der Waals surface area contributed by atoms with Gasteiger partial charge in [0.05, 0.1) is 11.6 Å². The molecule has 0 saturated carbocycles. The van der Waals surface area contributed by atoms with E-state index in [-0.39, 0.29) is 18.4 Å². The normalized spacial score (nSPS) is 14.4. The van der Waals surface area contributed by atoms with Crippen molar-refractivity contribution in [3.63, 3.8) is 0 Å². The van der Waals surface area contributed by atoms with E-state index in [4.69, 9.17) is 4.74 Å². The summed E-state index contributed by atoms with van der Waals surface area (Å²) in [7, 11) is 0. The molecule has 0 aliphatic heterocycles. The fourth-order valence-electron chi connectivity index (χ4n) is 5.70. The second-order valence-corrected chi connectivity index (χ2v) is 10.8. The van der Waals surface area contributed by atoms with E-state index >= 15 is 0 Å². The minimum Gasteiger partial charge on any atom is -0.459 e. The molecule has 2 N–H and O–H groups in total. The van der Waals surface area contributed by atoms with Crippen molar-refractivity contribution < 1.29 is 14.3 Å². The van der Waals surface area contributed by atoms with Crippen molar-refractivity contribution in [2.24, 2.45) is 5.92 Å². The Labute approximate surface area is 242 Å². The highest BCUT2D eigenvalue weighted by molar-refractivity contribution is 5.89. The molecule has 1 aliphatic rings. The summed E-state index contributed by atoms with van der Waals surface area (Å²) in [4.78, 5) is 27.1. The number of nitrogens with one attached hydrogen (secondary N) is 2. The van der Waals surface area contributed by atoms with E-state index in [0.717, 1.165) is 33.4 Å². The standard InChI is InChI=1S/C36H36N2O3/c1-4-15-32(34(39)37-33(25(2)3)35(40)41-24-26-16-7-5-8-17-26)38-36(27-18-9-6-10-19-27)30-22-13-11-20-28(30)29-21-12-14-23-31(29)36/h4-14,16-23,25,32-33,38H,1,15,24H2,2-3H3,(H,37,39). The van der Waals surface area contributed by atoms with Crippen molar-refractivity contribution in [1.82, 2.24) is 10.6 Å². The van der Waals surface area contributed by atoms with Crippen LogP contribution in [-0.2, 0) is 26.5 Å². The molecule has 5 heteroatoms. The molecule has 41 heavy (non-hydrogen) atoms. The van der Waals surface area contributed by atoms with Crippen LogP contribution in [0.2, 0.25) is 0 Å². The van der Waals surface area contributed by atoms with Gasteiger partial charge in [0.2, 0.25) is 5.91 Å². The summed E-state index contributed by atoms with van der Waals surface area (Å²) in [6, 6.07) is 34.9. The molecule has 0 saturated heterocycles. The molecule has 0 bridgehead atoms. The van der Waals surface area contributed by atoms with Crippen LogP contribution in [0.1, 0.15) is 42.5 Å². The van der Waals surface area contributed by atoms with Crippen LogP contribution in [0.4, 0.5) is 0 Å². The Bertz CT molecular complexity index is 1470. The lowest BCUT2D eigenvalue weighted by atomic mass is 9.79. The van der Waals surface area contributed by atoms with Crippen molar-refractivity contribution in [1.29, 1.82) is 0 Å². The van der Waals surface area contributed by atoms with Gasteiger partial charge in [0.15, 0.2) is 0 Å². The van der Waals surface area contributed by atoms with Crippen LogP contribution in [0.25, 0.3) is 11.1 Å². The van der Waals surface area contributed by atoms with Crippen molar-refractivity contribution >= 4 is 11.9 Å². The van der Waals surface area contributed by atoms with Crippen LogP contribution in [-0.4, -0.2) is 24.0 Å². The van der Waals surface area contributed by atoms with E-state index in [1.807, 2.05) is 86.6 Å². The molecule has 0 spiro atoms. The van der Waals surface area contributed by atoms with Crippen LogP contribution in [0.5, 0.6) is 0 Å². The molecule has 0 fully saturated rings. The zero-order valence-corrected chi connectivity index (χ0v) is 23.5. The lowest BCUT2D eigenvalue weighted by Crippen LogP contribution is -2.57. The first-order chi connectivity index (χ1) is 20.0. The number of esters is 1. The minimum absolute atomic E-state index is 0.151. The number of benzene rings is 4. The fourth-order valence-corrected chi connectivity index (χ4v) is 5.70. The smallest absolute Gasteiger partial charge is 0.329 e. The summed E-state index contributed by atoms with van der Waals surface area (Å²) in [6.07, 6.45) is 2.11. The fraction of sp³-hybridized carbons (Fsp3) is 0.222. The molecule has 5 nitrogen and oxygen atoms in total. The number of hydrogen-bond acceptors (Lipinski definition) is 4. The van der Waals surface area contributed by atoms with Crippen LogP contribution >= 0.6 is 0 Å². The maximum atomic E-state index is 14.0. The molecular formula is C36H36N2O3. The first-order valence-corrected chi connectivity index (χ1v) is 14.1. The SMILES string of the molecule is C=CCC(NC1(c2ccccc2)c2ccccc2-c2ccccc21)C(=O)NC(C(=O)OCc1ccccc1)C(C)C. The highest BCUT2D eigenvalue weighted by atomic mass is 16.5. The van der Waals surface area contributed by atoms with Gasteiger partial charge in [-0.25, -0.2) is 4.79 Å². The Morgan fingerprint density at radius 2 is 1.34 bits per heavy atom. The van der Waals surface area contributed by atoms with Gasteiger partial charge in [0.25, 0.3) is 0 Å². The number of amides is 1. The summed E-state index contributed by atoms with van der Waals surface area (Å²) in [5.41, 5.74) is 5.56. The number of fused-ring (bicyclic) bond motifs is 3. The second kappa shape index (κ2) is 12.4. The third-order valence-corrected chi connectivity index (χ3v) is 7.71. The predicted octanol–water partition coefficient (Wildman–Crippen LogP) is 6.38. The van der Waals surface area contributed by atoms with E-state index in [2.05, 4.69) is 53.6 Å². The molecule has 1 aliphatic carbocycles. The van der Waals surface area contributed by atoms with Gasteiger partial charge in [-0.05, 0) is 45.7 Å². The quantitative estimate of drug-likeness (QED) is 0.170. The Morgan fingerprint density at radius 3 is 1.90 bits per heavy atom. The van der Waals surface area contributed by atoms with Gasteiger partial charge >= 0.3 is 5.97 Å². The molecule has 5 rings (SSSR count). The van der Waals surface area contributed by atoms with E-state index < -0.39 is 23.6 Å². The number of carbonyl (C=O) groups excluding carboxylic acids is 2. The van der Waals surface area contributed by atoms with Crippen molar-refractivity contribution in [3.8, 4) is 11.1 Å². The first-order valence-electron chi connectivity index (χ1n) is 14.1. The molecule has 2 unspecified atom stereocenters. The summed E-state index contributed by atoms with van der Waals surface area (Å²) in [6.45, 7) is 7.90. The zero-order chi connectivity index (χ0) is 28.8. The van der Waals surface area contributed by atoms with E-state index in [1.165, 1.54) is 0 Å². The lowest BCUT2D eigenvalue weighted by Gasteiger charge is -2.37. The molecule has 2 atom stereocenters. The van der Waals surface area contributed by atoms with Crippen LogP contribution in [0.15, 0.2) is 122 Å². The average molecular weight is 545 g/mol. The molecule has 1 amide bonds. The van der Waals surface area contributed by atoms with E-state index in [9.17, 15) is 9.59 Å². The number of hydrogen-bond donors (Lipinski definition) is 2. The first kappa shape index (κ1) is 28.1. The maximum absolute atomic E-state index is 14.0. The van der Waals surface area contributed by atoms with Crippen LogP contribution < -0.4 is 10.6 Å². The zero-order valence-electron chi connectivity index (χ0n) is 23.5. The van der Waals surface area contributed by atoms with Gasteiger partial charge in [-0.15, -0.1) is 6.58 Å². The Balaban J connectivity index is 1.48. The highest BCUT2D eigenvalue weighted by Crippen LogP contribution is 2.51. The third-order valence-electron chi connectivity index (χ3n) is 7.71. The van der Waals surface area contributed by atoms with Crippen LogP contribution in [0, 0.1) is 5.92 Å². The second-order valence-electron chi connectivity index (χ2n) is 10.8.